The third-order valence-corrected chi connectivity index (χ3v) is 3.47. The van der Waals surface area contributed by atoms with Crippen LogP contribution in [0.15, 0.2) is 45.9 Å². The molecular weight excluding hydrogens is 365 g/mol. The zero-order chi connectivity index (χ0) is 19.9. The van der Waals surface area contributed by atoms with E-state index in [1.807, 2.05) is 0 Å². The number of aliphatic hydroxyl groups excluding tert-OH is 1. The molecule has 1 aromatic carbocycles. The molecule has 0 atom stereocenters. The number of ether oxygens (including phenoxy) is 1. The average Bonchev–Trinajstić information content (AvgIpc) is 3.11. The number of carbonyl (C=O) groups excluding carboxylic acids is 1. The van der Waals surface area contributed by atoms with Gasteiger partial charge in [-0.15, -0.1) is 0 Å². The summed E-state index contributed by atoms with van der Waals surface area (Å²) >= 11 is 0. The van der Waals surface area contributed by atoms with Gasteiger partial charge in [0.25, 0.3) is 0 Å². The lowest BCUT2D eigenvalue weighted by Crippen LogP contribution is -2.18. The zero-order valence-electron chi connectivity index (χ0n) is 14.5. The van der Waals surface area contributed by atoms with Gasteiger partial charge in [-0.2, -0.15) is 18.3 Å². The first-order valence-corrected chi connectivity index (χ1v) is 8.12. The minimum absolute atomic E-state index is 0.00338. The number of amides is 1. The first kappa shape index (κ1) is 20.5. The zero-order valence-corrected chi connectivity index (χ0v) is 14.5. The molecule has 1 aromatic heterocycles. The fourth-order valence-electron chi connectivity index (χ4n) is 2.09. The van der Waals surface area contributed by atoms with Crippen LogP contribution in [0.2, 0.25) is 0 Å². The Morgan fingerprint density at radius 3 is 2.78 bits per heavy atom. The summed E-state index contributed by atoms with van der Waals surface area (Å²) in [5.74, 6) is -0.255. The molecule has 1 amide bonds. The number of nitrogens with one attached hydrogen (secondary N) is 1. The lowest BCUT2D eigenvalue weighted by atomic mass is 10.2. The van der Waals surface area contributed by atoms with Crippen molar-refractivity contribution < 1.29 is 32.2 Å². The average molecular weight is 384 g/mol. The summed E-state index contributed by atoms with van der Waals surface area (Å²) in [6, 6.07) is 7.39. The highest BCUT2D eigenvalue weighted by Gasteiger charge is 2.30. The van der Waals surface area contributed by atoms with Gasteiger partial charge in [0.15, 0.2) is 5.76 Å². The second kappa shape index (κ2) is 9.22. The number of hydrogen-bond acceptors (Lipinski definition) is 5. The standard InChI is InChI=1S/C18H19F3N2O4/c1-12(4-3-9-24)22-23-17(25)16-8-7-15(27-16)11-26-14-6-2-5-13(10-14)18(19,20)21/h2,5-8,10,24H,3-4,9,11H2,1H3,(H,23,25)/b22-12+. The second-order valence-electron chi connectivity index (χ2n) is 5.70. The van der Waals surface area contributed by atoms with E-state index in [4.69, 9.17) is 14.3 Å². The van der Waals surface area contributed by atoms with Crippen molar-refractivity contribution in [1.82, 2.24) is 5.43 Å². The van der Waals surface area contributed by atoms with Crippen LogP contribution in [0.5, 0.6) is 5.75 Å². The van der Waals surface area contributed by atoms with E-state index in [1.165, 1.54) is 24.3 Å². The van der Waals surface area contributed by atoms with Crippen LogP contribution in [0.4, 0.5) is 13.2 Å². The van der Waals surface area contributed by atoms with Crippen molar-refractivity contribution in [3.05, 3.63) is 53.5 Å². The van der Waals surface area contributed by atoms with E-state index in [1.54, 1.807) is 6.92 Å². The van der Waals surface area contributed by atoms with Gasteiger partial charge < -0.3 is 14.3 Å². The molecule has 0 aliphatic heterocycles. The molecule has 0 unspecified atom stereocenters. The third-order valence-electron chi connectivity index (χ3n) is 3.47. The predicted molar refractivity (Wildman–Crippen MR) is 91.4 cm³/mol. The van der Waals surface area contributed by atoms with Gasteiger partial charge in [0.2, 0.25) is 0 Å². The molecule has 0 fully saturated rings. The molecule has 0 bridgehead atoms. The van der Waals surface area contributed by atoms with Crippen LogP contribution in [0.1, 0.15) is 41.6 Å². The lowest BCUT2D eigenvalue weighted by Gasteiger charge is -2.09. The first-order chi connectivity index (χ1) is 12.8. The van der Waals surface area contributed by atoms with Crippen molar-refractivity contribution in [2.75, 3.05) is 6.61 Å². The van der Waals surface area contributed by atoms with Crippen LogP contribution in [-0.2, 0) is 12.8 Å². The summed E-state index contributed by atoms with van der Waals surface area (Å²) in [6.07, 6.45) is -3.36. The molecule has 2 N–H and O–H groups in total. The summed E-state index contributed by atoms with van der Waals surface area (Å²) in [6.45, 7) is 1.62. The van der Waals surface area contributed by atoms with E-state index < -0.39 is 17.6 Å². The summed E-state index contributed by atoms with van der Waals surface area (Å²) in [4.78, 5) is 11.9. The highest BCUT2D eigenvalue weighted by atomic mass is 19.4. The van der Waals surface area contributed by atoms with Crippen molar-refractivity contribution in [2.45, 2.75) is 32.5 Å². The van der Waals surface area contributed by atoms with Gasteiger partial charge in [-0.25, -0.2) is 5.43 Å². The Balaban J connectivity index is 1.91. The lowest BCUT2D eigenvalue weighted by molar-refractivity contribution is -0.137. The van der Waals surface area contributed by atoms with Crippen molar-refractivity contribution in [1.29, 1.82) is 0 Å². The van der Waals surface area contributed by atoms with E-state index >= 15 is 0 Å². The van der Waals surface area contributed by atoms with Crippen LogP contribution in [0.3, 0.4) is 0 Å². The Morgan fingerprint density at radius 1 is 1.30 bits per heavy atom. The molecule has 0 spiro atoms. The summed E-state index contributed by atoms with van der Waals surface area (Å²) < 4.78 is 48.6. The van der Waals surface area contributed by atoms with Gasteiger partial charge in [-0.3, -0.25) is 4.79 Å². The molecule has 0 saturated heterocycles. The number of aliphatic hydroxyl groups is 1. The normalized spacial score (nSPS) is 12.1. The Hall–Kier alpha value is -2.81. The molecule has 6 nitrogen and oxygen atoms in total. The topological polar surface area (TPSA) is 84.1 Å². The fourth-order valence-corrected chi connectivity index (χ4v) is 2.09. The van der Waals surface area contributed by atoms with Crippen molar-refractivity contribution in [2.24, 2.45) is 5.10 Å². The number of rotatable bonds is 8. The highest BCUT2D eigenvalue weighted by molar-refractivity contribution is 5.92. The van der Waals surface area contributed by atoms with Crippen LogP contribution in [0.25, 0.3) is 0 Å². The quantitative estimate of drug-likeness (QED) is 0.536. The van der Waals surface area contributed by atoms with Crippen LogP contribution >= 0.6 is 0 Å². The number of nitrogens with zero attached hydrogens (tertiary/aromatic N) is 1. The van der Waals surface area contributed by atoms with E-state index in [0.29, 0.717) is 18.6 Å². The van der Waals surface area contributed by atoms with Crippen molar-refractivity contribution >= 4 is 11.6 Å². The molecule has 2 rings (SSSR count). The SMILES string of the molecule is C/C(CCCO)=N\NC(=O)c1ccc(COc2cccc(C(F)(F)F)c2)o1. The van der Waals surface area contributed by atoms with Gasteiger partial charge >= 0.3 is 12.1 Å². The molecule has 0 aliphatic rings. The molecule has 0 radical (unpaired) electrons. The fraction of sp³-hybridized carbons (Fsp3) is 0.333. The third kappa shape index (κ3) is 6.45. The van der Waals surface area contributed by atoms with Crippen LogP contribution < -0.4 is 10.2 Å². The minimum atomic E-state index is -4.45. The first-order valence-electron chi connectivity index (χ1n) is 8.12. The summed E-state index contributed by atoms with van der Waals surface area (Å²) in [5, 5.41) is 12.6. The smallest absolute Gasteiger partial charge is 0.416 e. The van der Waals surface area contributed by atoms with Gasteiger partial charge in [-0.1, -0.05) is 6.07 Å². The number of furan rings is 1. The Labute approximate surface area is 153 Å². The summed E-state index contributed by atoms with van der Waals surface area (Å²) in [7, 11) is 0. The Bertz CT molecular complexity index is 800. The number of hydrazone groups is 1. The molecular formula is C18H19F3N2O4. The number of halogens is 3. The predicted octanol–water partition coefficient (Wildman–Crippen LogP) is 3.76. The Morgan fingerprint density at radius 2 is 2.07 bits per heavy atom. The maximum absolute atomic E-state index is 12.7. The van der Waals surface area contributed by atoms with E-state index in [0.717, 1.165) is 12.1 Å². The van der Waals surface area contributed by atoms with Crippen molar-refractivity contribution in [3.8, 4) is 5.75 Å². The van der Waals surface area contributed by atoms with Crippen LogP contribution in [-0.4, -0.2) is 23.3 Å². The molecule has 0 aliphatic carbocycles. The van der Waals surface area contributed by atoms with Gasteiger partial charge in [-0.05, 0) is 50.1 Å². The summed E-state index contributed by atoms with van der Waals surface area (Å²) in [5.41, 5.74) is 2.17. The van der Waals surface area contributed by atoms with Gasteiger partial charge in [0.05, 0.1) is 5.56 Å². The molecule has 146 valence electrons. The number of carbonyl (C=O) groups is 1. The molecule has 27 heavy (non-hydrogen) atoms. The maximum Gasteiger partial charge on any atom is 0.416 e. The molecule has 0 saturated carbocycles. The van der Waals surface area contributed by atoms with Gasteiger partial charge in [0, 0.05) is 12.3 Å². The molecule has 9 heteroatoms. The molecule has 2 aromatic rings. The van der Waals surface area contributed by atoms with E-state index in [2.05, 4.69) is 10.5 Å². The number of alkyl halides is 3. The van der Waals surface area contributed by atoms with E-state index in [9.17, 15) is 18.0 Å². The Kier molecular flexibility index (Phi) is 7.00. The monoisotopic (exact) mass is 384 g/mol. The number of benzene rings is 1. The maximum atomic E-state index is 12.7. The minimum Gasteiger partial charge on any atom is -0.486 e. The largest absolute Gasteiger partial charge is 0.486 e. The molecule has 1 heterocycles. The number of hydrogen-bond donors (Lipinski definition) is 2. The second-order valence-corrected chi connectivity index (χ2v) is 5.70. The van der Waals surface area contributed by atoms with Crippen molar-refractivity contribution in [3.63, 3.8) is 0 Å². The van der Waals surface area contributed by atoms with E-state index in [-0.39, 0.29) is 30.5 Å². The highest BCUT2D eigenvalue weighted by Crippen LogP contribution is 2.31. The van der Waals surface area contributed by atoms with Gasteiger partial charge in [0.1, 0.15) is 18.1 Å². The van der Waals surface area contributed by atoms with Crippen LogP contribution in [0, 0.1) is 0 Å².